The molecule has 0 bridgehead atoms. The quantitative estimate of drug-likeness (QED) is 0.468. The second-order valence-electron chi connectivity index (χ2n) is 2.40. The van der Waals surface area contributed by atoms with E-state index in [1.165, 1.54) is 7.11 Å². The van der Waals surface area contributed by atoms with E-state index < -0.39 is 0 Å². The lowest BCUT2D eigenvalue weighted by Crippen LogP contribution is -2.29. The molecule has 0 fully saturated rings. The molecule has 0 amide bonds. The predicted octanol–water partition coefficient (Wildman–Crippen LogP) is 2.09. The average Bonchev–Trinajstić information content (AvgIpc) is 2.12. The second-order valence-corrected chi connectivity index (χ2v) is 3.22. The number of rotatable bonds is 2. The van der Waals surface area contributed by atoms with Crippen molar-refractivity contribution < 1.29 is 4.84 Å². The van der Waals surface area contributed by atoms with Gasteiger partial charge in [-0.3, -0.25) is 4.84 Å². The fraction of sp³-hybridized carbons (Fsp3) is 0.125. The highest BCUT2D eigenvalue weighted by atomic mass is 35.5. The fourth-order valence-corrected chi connectivity index (χ4v) is 1.11. The highest BCUT2D eigenvalue weighted by molar-refractivity contribution is 6.42. The van der Waals surface area contributed by atoms with Gasteiger partial charge in [-0.25, -0.2) is 10.5 Å². The highest BCUT2D eigenvalue weighted by Gasteiger charge is 1.98. The Morgan fingerprint density at radius 1 is 1.43 bits per heavy atom. The Labute approximate surface area is 91.6 Å². The molecule has 1 aromatic carbocycles. The van der Waals surface area contributed by atoms with Crippen molar-refractivity contribution >= 4 is 34.8 Å². The van der Waals surface area contributed by atoms with Crippen LogP contribution >= 0.6 is 23.2 Å². The van der Waals surface area contributed by atoms with Gasteiger partial charge in [-0.1, -0.05) is 23.2 Å². The number of halogens is 2. The molecule has 0 aliphatic rings. The zero-order valence-corrected chi connectivity index (χ0v) is 8.93. The third-order valence-electron chi connectivity index (χ3n) is 1.36. The van der Waals surface area contributed by atoms with Crippen molar-refractivity contribution in [2.45, 2.75) is 0 Å². The summed E-state index contributed by atoms with van der Waals surface area (Å²) in [4.78, 5) is 8.53. The van der Waals surface area contributed by atoms with Gasteiger partial charge in [-0.05, 0) is 18.2 Å². The predicted molar refractivity (Wildman–Crippen MR) is 57.9 cm³/mol. The first-order valence-corrected chi connectivity index (χ1v) is 4.47. The zero-order chi connectivity index (χ0) is 10.6. The maximum Gasteiger partial charge on any atom is 0.218 e. The van der Waals surface area contributed by atoms with Crippen molar-refractivity contribution in [1.29, 1.82) is 0 Å². The monoisotopic (exact) mass is 233 g/mol. The lowest BCUT2D eigenvalue weighted by molar-refractivity contribution is 0.143. The van der Waals surface area contributed by atoms with Crippen molar-refractivity contribution in [3.63, 3.8) is 0 Å². The average molecular weight is 234 g/mol. The SMILES string of the molecule is CONC(N)=Nc1ccc(Cl)c(Cl)c1. The number of nitrogens with one attached hydrogen (secondary N) is 1. The van der Waals surface area contributed by atoms with Gasteiger partial charge in [0, 0.05) is 0 Å². The minimum atomic E-state index is 0.144. The Balaban J connectivity index is 2.87. The molecule has 3 N–H and O–H groups in total. The van der Waals surface area contributed by atoms with E-state index in [0.29, 0.717) is 15.7 Å². The van der Waals surface area contributed by atoms with Gasteiger partial charge in [0.25, 0.3) is 0 Å². The Morgan fingerprint density at radius 3 is 2.71 bits per heavy atom. The van der Waals surface area contributed by atoms with Crippen molar-refractivity contribution in [3.8, 4) is 0 Å². The topological polar surface area (TPSA) is 59.6 Å². The van der Waals surface area contributed by atoms with Gasteiger partial charge in [0.1, 0.15) is 0 Å². The van der Waals surface area contributed by atoms with Crippen LogP contribution in [0.1, 0.15) is 0 Å². The van der Waals surface area contributed by atoms with Gasteiger partial charge in [0.15, 0.2) is 0 Å². The second kappa shape index (κ2) is 5.05. The summed E-state index contributed by atoms with van der Waals surface area (Å²) in [5.74, 6) is 0.144. The molecular formula is C8H9Cl2N3O. The first-order chi connectivity index (χ1) is 6.63. The number of nitrogens with zero attached hydrogens (tertiary/aromatic N) is 1. The number of aliphatic imine (C=N–C) groups is 1. The van der Waals surface area contributed by atoms with Crippen LogP contribution in [0.4, 0.5) is 5.69 Å². The van der Waals surface area contributed by atoms with Crippen molar-refractivity contribution in [2.75, 3.05) is 7.11 Å². The summed E-state index contributed by atoms with van der Waals surface area (Å²) < 4.78 is 0. The lowest BCUT2D eigenvalue weighted by Gasteiger charge is -2.02. The molecule has 0 aliphatic carbocycles. The molecule has 0 heterocycles. The number of nitrogens with two attached hydrogens (primary N) is 1. The molecule has 1 aromatic rings. The molecule has 0 saturated heterocycles. The zero-order valence-electron chi connectivity index (χ0n) is 7.42. The molecule has 0 aliphatic heterocycles. The third kappa shape index (κ3) is 3.06. The Kier molecular flexibility index (Phi) is 4.00. The van der Waals surface area contributed by atoms with Crippen LogP contribution in [0.5, 0.6) is 0 Å². The molecule has 0 spiro atoms. The molecule has 0 aromatic heterocycles. The molecule has 1 rings (SSSR count). The summed E-state index contributed by atoms with van der Waals surface area (Å²) in [6, 6.07) is 4.94. The molecule has 76 valence electrons. The van der Waals surface area contributed by atoms with Gasteiger partial charge in [-0.2, -0.15) is 0 Å². The van der Waals surface area contributed by atoms with E-state index in [1.807, 2.05) is 0 Å². The maximum atomic E-state index is 5.78. The maximum absolute atomic E-state index is 5.78. The van der Waals surface area contributed by atoms with E-state index in [1.54, 1.807) is 18.2 Å². The van der Waals surface area contributed by atoms with Crippen LogP contribution in [-0.4, -0.2) is 13.1 Å². The summed E-state index contributed by atoms with van der Waals surface area (Å²) in [5.41, 5.74) is 8.42. The van der Waals surface area contributed by atoms with E-state index in [2.05, 4.69) is 15.3 Å². The molecular weight excluding hydrogens is 225 g/mol. The van der Waals surface area contributed by atoms with E-state index in [4.69, 9.17) is 28.9 Å². The highest BCUT2D eigenvalue weighted by Crippen LogP contribution is 2.26. The number of hydroxylamine groups is 1. The molecule has 14 heavy (non-hydrogen) atoms. The number of hydrogen-bond donors (Lipinski definition) is 2. The van der Waals surface area contributed by atoms with Gasteiger partial charge >= 0.3 is 0 Å². The van der Waals surface area contributed by atoms with E-state index in [-0.39, 0.29) is 5.96 Å². The first-order valence-electron chi connectivity index (χ1n) is 3.71. The smallest absolute Gasteiger partial charge is 0.218 e. The Hall–Kier alpha value is -0.970. The summed E-state index contributed by atoms with van der Waals surface area (Å²) in [5, 5.41) is 0.905. The number of benzene rings is 1. The van der Waals surface area contributed by atoms with E-state index >= 15 is 0 Å². The molecule has 0 unspecified atom stereocenters. The fourth-order valence-electron chi connectivity index (χ4n) is 0.821. The van der Waals surface area contributed by atoms with Gasteiger partial charge in [0.2, 0.25) is 5.96 Å². The van der Waals surface area contributed by atoms with Crippen LogP contribution in [0.2, 0.25) is 10.0 Å². The summed E-state index contributed by atoms with van der Waals surface area (Å²) >= 11 is 11.5. The van der Waals surface area contributed by atoms with Crippen LogP contribution in [0.15, 0.2) is 23.2 Å². The van der Waals surface area contributed by atoms with Gasteiger partial charge in [0.05, 0.1) is 22.8 Å². The van der Waals surface area contributed by atoms with E-state index in [9.17, 15) is 0 Å². The first kappa shape index (κ1) is 11.1. The lowest BCUT2D eigenvalue weighted by atomic mass is 10.3. The van der Waals surface area contributed by atoms with Gasteiger partial charge < -0.3 is 5.73 Å². The van der Waals surface area contributed by atoms with Crippen molar-refractivity contribution in [3.05, 3.63) is 28.2 Å². The standard InChI is InChI=1S/C8H9Cl2N3O/c1-14-13-8(11)12-5-2-3-6(9)7(10)4-5/h2-4H,1H3,(H3,11,12,13). The summed E-state index contributed by atoms with van der Waals surface area (Å²) in [6.07, 6.45) is 0. The Morgan fingerprint density at radius 2 is 2.14 bits per heavy atom. The largest absolute Gasteiger partial charge is 0.368 e. The Bertz CT molecular complexity index is 354. The summed E-state index contributed by atoms with van der Waals surface area (Å²) in [7, 11) is 1.44. The van der Waals surface area contributed by atoms with E-state index in [0.717, 1.165) is 0 Å². The van der Waals surface area contributed by atoms with Crippen LogP contribution in [-0.2, 0) is 4.84 Å². The minimum Gasteiger partial charge on any atom is -0.368 e. The van der Waals surface area contributed by atoms with Gasteiger partial charge in [-0.15, -0.1) is 0 Å². The minimum absolute atomic E-state index is 0.144. The summed E-state index contributed by atoms with van der Waals surface area (Å²) in [6.45, 7) is 0. The molecule has 0 atom stereocenters. The molecule has 0 saturated carbocycles. The van der Waals surface area contributed by atoms with Crippen LogP contribution in [0.25, 0.3) is 0 Å². The van der Waals surface area contributed by atoms with Crippen molar-refractivity contribution in [2.24, 2.45) is 10.7 Å². The molecule has 4 nitrogen and oxygen atoms in total. The van der Waals surface area contributed by atoms with Crippen LogP contribution in [0, 0.1) is 0 Å². The molecule has 6 heteroatoms. The van der Waals surface area contributed by atoms with Crippen LogP contribution in [0.3, 0.4) is 0 Å². The molecule has 0 radical (unpaired) electrons. The number of guanidine groups is 1. The van der Waals surface area contributed by atoms with Crippen molar-refractivity contribution in [1.82, 2.24) is 5.48 Å². The van der Waals surface area contributed by atoms with Crippen LogP contribution < -0.4 is 11.2 Å². The number of hydrogen-bond acceptors (Lipinski definition) is 2. The third-order valence-corrected chi connectivity index (χ3v) is 2.10. The normalized spacial score (nSPS) is 11.5.